The molecule has 0 bridgehead atoms. The van der Waals surface area contributed by atoms with E-state index in [-0.39, 0.29) is 35.3 Å². The van der Waals surface area contributed by atoms with Crippen LogP contribution in [0.1, 0.15) is 28.9 Å². The second-order valence-electron chi connectivity index (χ2n) is 8.53. The number of hydrogen-bond donors (Lipinski definition) is 0. The Morgan fingerprint density at radius 1 is 1.19 bits per heavy atom. The van der Waals surface area contributed by atoms with Crippen LogP contribution in [0.3, 0.4) is 0 Å². The van der Waals surface area contributed by atoms with Gasteiger partial charge in [-0.25, -0.2) is 9.37 Å². The van der Waals surface area contributed by atoms with Gasteiger partial charge in [0.1, 0.15) is 17.3 Å². The maximum atomic E-state index is 14.8. The average Bonchev–Trinajstić information content (AvgIpc) is 3.29. The van der Waals surface area contributed by atoms with Gasteiger partial charge in [0.25, 0.3) is 5.91 Å². The van der Waals surface area contributed by atoms with Crippen molar-refractivity contribution in [2.75, 3.05) is 13.2 Å². The minimum absolute atomic E-state index is 0.00423. The van der Waals surface area contributed by atoms with Crippen LogP contribution in [-0.4, -0.2) is 53.5 Å². The number of alkyl halides is 3. The molecule has 1 fully saturated rings. The van der Waals surface area contributed by atoms with E-state index in [0.717, 1.165) is 12.1 Å². The van der Waals surface area contributed by atoms with Gasteiger partial charge in [0.2, 0.25) is 0 Å². The summed E-state index contributed by atoms with van der Waals surface area (Å²) in [6.45, 7) is 1.09. The number of benzene rings is 2. The Balaban J connectivity index is 1.64. The van der Waals surface area contributed by atoms with Crippen molar-refractivity contribution in [2.24, 2.45) is 7.05 Å². The molecule has 0 unspecified atom stereocenters. The van der Waals surface area contributed by atoms with E-state index in [0.29, 0.717) is 31.6 Å². The molecule has 198 valence electrons. The van der Waals surface area contributed by atoms with Crippen LogP contribution in [0.5, 0.6) is 5.75 Å². The Labute approximate surface area is 210 Å². The predicted molar refractivity (Wildman–Crippen MR) is 124 cm³/mol. The van der Waals surface area contributed by atoms with E-state index in [4.69, 9.17) is 4.74 Å². The molecule has 37 heavy (non-hydrogen) atoms. The topological polar surface area (TPSA) is 90.7 Å². The zero-order valence-electron chi connectivity index (χ0n) is 19.6. The highest BCUT2D eigenvalue weighted by Gasteiger charge is 2.48. The van der Waals surface area contributed by atoms with Crippen LogP contribution in [0.2, 0.25) is 0 Å². The first-order valence-electron chi connectivity index (χ1n) is 11.2. The van der Waals surface area contributed by atoms with Gasteiger partial charge >= 0.3 is 15.6 Å². The van der Waals surface area contributed by atoms with Crippen molar-refractivity contribution in [3.63, 3.8) is 0 Å². The number of nitrogens with zero attached hydrogens (tertiary/aromatic N) is 3. The van der Waals surface area contributed by atoms with Gasteiger partial charge in [-0.1, -0.05) is 18.2 Å². The van der Waals surface area contributed by atoms with E-state index >= 15 is 0 Å². The first-order valence-corrected chi connectivity index (χ1v) is 12.6. The van der Waals surface area contributed by atoms with E-state index in [1.807, 2.05) is 0 Å². The van der Waals surface area contributed by atoms with Gasteiger partial charge in [-0.2, -0.15) is 21.6 Å². The average molecular weight is 542 g/mol. The Hall–Kier alpha value is -3.45. The summed E-state index contributed by atoms with van der Waals surface area (Å²) >= 11 is 0. The maximum absolute atomic E-state index is 14.8. The molecule has 0 atom stereocenters. The first kappa shape index (κ1) is 26.6. The third-order valence-corrected chi connectivity index (χ3v) is 6.81. The molecule has 1 aliphatic rings. The van der Waals surface area contributed by atoms with Gasteiger partial charge in [-0.15, -0.1) is 0 Å². The number of hydrogen-bond acceptors (Lipinski definition) is 6. The maximum Gasteiger partial charge on any atom is 0.534 e. The largest absolute Gasteiger partial charge is 0.534 e. The summed E-state index contributed by atoms with van der Waals surface area (Å²) in [6, 6.07) is 8.69. The summed E-state index contributed by atoms with van der Waals surface area (Å²) < 4.78 is 86.9. The number of aromatic nitrogens is 2. The van der Waals surface area contributed by atoms with Crippen LogP contribution in [0.25, 0.3) is 11.1 Å². The molecule has 3 aromatic rings. The summed E-state index contributed by atoms with van der Waals surface area (Å²) in [5.41, 5.74) is -4.69. The molecule has 0 radical (unpaired) electrons. The Kier molecular flexibility index (Phi) is 7.55. The van der Waals surface area contributed by atoms with Gasteiger partial charge in [-0.05, 0) is 48.2 Å². The van der Waals surface area contributed by atoms with Crippen molar-refractivity contribution < 1.29 is 39.7 Å². The molecule has 4 rings (SSSR count). The molecule has 0 aliphatic carbocycles. The van der Waals surface area contributed by atoms with Crippen molar-refractivity contribution in [3.05, 3.63) is 72.1 Å². The predicted octanol–water partition coefficient (Wildman–Crippen LogP) is 4.28. The quantitative estimate of drug-likeness (QED) is 0.252. The number of rotatable bonds is 7. The molecule has 0 saturated carbocycles. The van der Waals surface area contributed by atoms with Gasteiger partial charge < -0.3 is 18.4 Å². The third-order valence-electron chi connectivity index (χ3n) is 5.83. The smallest absolute Gasteiger partial charge is 0.381 e. The fourth-order valence-corrected chi connectivity index (χ4v) is 4.46. The number of ether oxygens (including phenoxy) is 1. The monoisotopic (exact) mass is 541 g/mol. The highest BCUT2D eigenvalue weighted by molar-refractivity contribution is 7.88. The third kappa shape index (κ3) is 6.10. The summed E-state index contributed by atoms with van der Waals surface area (Å²) in [5.74, 6) is -1.60. The van der Waals surface area contributed by atoms with Crippen molar-refractivity contribution in [1.29, 1.82) is 0 Å². The number of carbonyl (C=O) groups is 1. The molecular weight excluding hydrogens is 518 g/mol. The lowest BCUT2D eigenvalue weighted by molar-refractivity contribution is -0.0500. The molecule has 1 aliphatic heterocycles. The molecule has 1 aromatic heterocycles. The SMILES string of the molecule is Cn1cnc(C(=O)N(Cc2ccc(F)c(-c3cccc(OS(=O)(=O)C(F)(F)F)c3)c2)C2CCOCC2)c1. The number of amides is 1. The number of aryl methyl sites for hydroxylation is 1. The normalized spacial score (nSPS) is 14.9. The molecule has 0 N–H and O–H groups in total. The summed E-state index contributed by atoms with van der Waals surface area (Å²) in [6.07, 6.45) is 4.34. The first-order chi connectivity index (χ1) is 17.4. The van der Waals surface area contributed by atoms with Gasteiger partial charge in [0.05, 0.1) is 6.33 Å². The zero-order chi connectivity index (χ0) is 26.8. The van der Waals surface area contributed by atoms with E-state index in [9.17, 15) is 30.8 Å². The van der Waals surface area contributed by atoms with E-state index in [1.54, 1.807) is 22.7 Å². The van der Waals surface area contributed by atoms with E-state index < -0.39 is 27.2 Å². The zero-order valence-corrected chi connectivity index (χ0v) is 20.4. The van der Waals surface area contributed by atoms with Crippen LogP contribution < -0.4 is 4.18 Å². The molecule has 8 nitrogen and oxygen atoms in total. The lowest BCUT2D eigenvalue weighted by Crippen LogP contribution is -2.43. The molecule has 1 amide bonds. The second kappa shape index (κ2) is 10.5. The van der Waals surface area contributed by atoms with Crippen molar-refractivity contribution in [2.45, 2.75) is 30.9 Å². The van der Waals surface area contributed by atoms with Gasteiger partial charge in [0, 0.05) is 44.6 Å². The Morgan fingerprint density at radius 3 is 2.57 bits per heavy atom. The van der Waals surface area contributed by atoms with Crippen LogP contribution in [-0.2, 0) is 28.4 Å². The Morgan fingerprint density at radius 2 is 1.92 bits per heavy atom. The van der Waals surface area contributed by atoms with Crippen molar-refractivity contribution in [3.8, 4) is 16.9 Å². The summed E-state index contributed by atoms with van der Waals surface area (Å²) in [5, 5.41) is 0. The second-order valence-corrected chi connectivity index (χ2v) is 10.1. The minimum atomic E-state index is -5.89. The summed E-state index contributed by atoms with van der Waals surface area (Å²) in [7, 11) is -4.14. The fourth-order valence-electron chi connectivity index (χ4n) is 4.01. The number of carbonyl (C=O) groups excluding carboxylic acids is 1. The number of halogens is 4. The van der Waals surface area contributed by atoms with Crippen LogP contribution >= 0.6 is 0 Å². The molecule has 13 heteroatoms. The number of imidazole rings is 1. The van der Waals surface area contributed by atoms with E-state index in [2.05, 4.69) is 9.17 Å². The van der Waals surface area contributed by atoms with Crippen LogP contribution in [0.15, 0.2) is 55.0 Å². The highest BCUT2D eigenvalue weighted by Crippen LogP contribution is 2.32. The highest BCUT2D eigenvalue weighted by atomic mass is 32.2. The fraction of sp³-hybridized carbons (Fsp3) is 0.333. The summed E-state index contributed by atoms with van der Waals surface area (Å²) in [4.78, 5) is 19.1. The van der Waals surface area contributed by atoms with Crippen LogP contribution in [0.4, 0.5) is 17.6 Å². The standard InChI is InChI=1S/C24H23F4N3O5S/c1-30-14-22(29-15-30)23(32)31(18-7-9-35-10-8-18)13-16-5-6-21(25)20(11-16)17-3-2-4-19(12-17)36-37(33,34)24(26,27)28/h2-6,11-12,14-15,18H,7-10,13H2,1H3. The van der Waals surface area contributed by atoms with Crippen molar-refractivity contribution >= 4 is 16.0 Å². The van der Waals surface area contributed by atoms with Gasteiger partial charge in [-0.3, -0.25) is 4.79 Å². The lowest BCUT2D eigenvalue weighted by atomic mass is 10.0. The molecule has 1 saturated heterocycles. The van der Waals surface area contributed by atoms with Crippen molar-refractivity contribution in [1.82, 2.24) is 14.5 Å². The van der Waals surface area contributed by atoms with Gasteiger partial charge in [0.15, 0.2) is 0 Å². The van der Waals surface area contributed by atoms with E-state index in [1.165, 1.54) is 36.7 Å². The molecular formula is C24H23F4N3O5S. The molecule has 0 spiro atoms. The Bertz CT molecular complexity index is 1390. The molecule has 2 aromatic carbocycles. The lowest BCUT2D eigenvalue weighted by Gasteiger charge is -2.34. The molecule has 2 heterocycles. The van der Waals surface area contributed by atoms with Crippen LogP contribution in [0, 0.1) is 5.82 Å². The minimum Gasteiger partial charge on any atom is -0.381 e.